The van der Waals surface area contributed by atoms with Crippen LogP contribution in [0.4, 0.5) is 0 Å². The first-order chi connectivity index (χ1) is 27.3. The monoisotopic (exact) mass is 898 g/mol. The van der Waals surface area contributed by atoms with Crippen molar-refractivity contribution in [2.75, 3.05) is 26.9 Å². The fourth-order valence-corrected chi connectivity index (χ4v) is 15.0. The van der Waals surface area contributed by atoms with Crippen molar-refractivity contribution in [3.63, 3.8) is 0 Å². The molecule has 11 atom stereocenters. The molecule has 3 fully saturated rings. The predicted octanol–water partition coefficient (Wildman–Crippen LogP) is 2.19. The van der Waals surface area contributed by atoms with Crippen LogP contribution >= 0.6 is 15.6 Å². The molecular weight excluding hydrogens is 846 g/mol. The lowest BCUT2D eigenvalue weighted by atomic mass is 9.96. The van der Waals surface area contributed by atoms with Gasteiger partial charge in [0.1, 0.15) is 30.5 Å². The van der Waals surface area contributed by atoms with E-state index >= 15 is 0 Å². The third kappa shape index (κ3) is 11.4. The molecular formula is C33H52N4O19P2Si. The van der Waals surface area contributed by atoms with Crippen LogP contribution in [-0.2, 0) is 73.9 Å². The second-order valence-corrected chi connectivity index (χ2v) is 23.8. The highest BCUT2D eigenvalue weighted by atomic mass is 31.3. The van der Waals surface area contributed by atoms with Crippen LogP contribution in [-0.4, -0.2) is 117 Å². The molecule has 23 nitrogen and oxygen atoms in total. The van der Waals surface area contributed by atoms with Crippen molar-refractivity contribution in [2.24, 2.45) is 0 Å². The average Bonchev–Trinajstić information content (AvgIpc) is 3.40. The highest BCUT2D eigenvalue weighted by Crippen LogP contribution is 2.65. The number of H-pyrrole nitrogens is 1. The molecule has 0 saturated carbocycles. The largest absolute Gasteiger partial charge is 0.483 e. The smallest absolute Gasteiger partial charge is 0.456 e. The molecule has 1 aromatic rings. The lowest BCUT2D eigenvalue weighted by Gasteiger charge is -2.58. The maximum Gasteiger partial charge on any atom is 0.483 e. The van der Waals surface area contributed by atoms with Crippen molar-refractivity contribution in [3.8, 4) is 6.07 Å². The molecule has 0 radical (unpaired) electrons. The summed E-state index contributed by atoms with van der Waals surface area (Å²) >= 11 is 0. The molecule has 3 aliphatic heterocycles. The molecule has 1 aromatic heterocycles. The van der Waals surface area contributed by atoms with E-state index in [1.54, 1.807) is 6.07 Å². The topological polar surface area (TPSA) is 298 Å². The third-order valence-electron chi connectivity index (χ3n) is 9.33. The van der Waals surface area contributed by atoms with Gasteiger partial charge in [0.2, 0.25) is 5.91 Å². The van der Waals surface area contributed by atoms with E-state index in [0.29, 0.717) is 0 Å². The molecule has 332 valence electrons. The van der Waals surface area contributed by atoms with E-state index in [4.69, 9.17) is 55.7 Å². The van der Waals surface area contributed by atoms with Crippen molar-refractivity contribution in [1.82, 2.24) is 14.9 Å². The number of hydrogen-bond donors (Lipinski definition) is 3. The van der Waals surface area contributed by atoms with Gasteiger partial charge in [-0.1, -0.05) is 41.5 Å². The van der Waals surface area contributed by atoms with Gasteiger partial charge in [-0.2, -0.15) is 9.57 Å². The number of aromatic amines is 1. The Morgan fingerprint density at radius 1 is 1.02 bits per heavy atom. The van der Waals surface area contributed by atoms with Crippen LogP contribution < -0.4 is 16.6 Å². The van der Waals surface area contributed by atoms with Crippen LogP contribution in [0.1, 0.15) is 75.0 Å². The fourth-order valence-electron chi connectivity index (χ4n) is 7.35. The van der Waals surface area contributed by atoms with E-state index in [9.17, 15) is 38.0 Å². The van der Waals surface area contributed by atoms with Gasteiger partial charge in [-0.3, -0.25) is 42.3 Å². The Labute approximate surface area is 340 Å². The van der Waals surface area contributed by atoms with E-state index in [-0.39, 0.29) is 6.61 Å². The molecule has 2 unspecified atom stereocenters. The number of esters is 2. The Morgan fingerprint density at radius 2 is 1.64 bits per heavy atom. The minimum atomic E-state index is -5.65. The minimum Gasteiger partial charge on any atom is -0.456 e. The van der Waals surface area contributed by atoms with Gasteiger partial charge in [0, 0.05) is 50.2 Å². The molecule has 0 bridgehead atoms. The molecule has 4 heterocycles. The van der Waals surface area contributed by atoms with Crippen LogP contribution in [0.2, 0.25) is 10.1 Å². The predicted molar refractivity (Wildman–Crippen MR) is 201 cm³/mol. The molecule has 59 heavy (non-hydrogen) atoms. The van der Waals surface area contributed by atoms with E-state index in [1.807, 2.05) is 46.5 Å². The summed E-state index contributed by atoms with van der Waals surface area (Å²) in [6.07, 6.45) is -10.3. The molecule has 3 N–H and O–H groups in total. The Hall–Kier alpha value is -3.14. The zero-order valence-corrected chi connectivity index (χ0v) is 37.1. The summed E-state index contributed by atoms with van der Waals surface area (Å²) in [5, 5.41) is 10.8. The van der Waals surface area contributed by atoms with Crippen molar-refractivity contribution >= 4 is 42.1 Å². The summed E-state index contributed by atoms with van der Waals surface area (Å²) in [5.41, 5.74) is -1.77. The number of amides is 1. The van der Waals surface area contributed by atoms with E-state index in [2.05, 4.69) is 5.32 Å². The van der Waals surface area contributed by atoms with Gasteiger partial charge in [0.05, 0.1) is 32.3 Å². The second kappa shape index (κ2) is 18.9. The van der Waals surface area contributed by atoms with Gasteiger partial charge in [-0.25, -0.2) is 13.9 Å². The normalized spacial score (nSPS) is 30.2. The Bertz CT molecular complexity index is 1950. The lowest BCUT2D eigenvalue weighted by molar-refractivity contribution is -0.264. The number of nitriles is 1. The van der Waals surface area contributed by atoms with Gasteiger partial charge >= 0.3 is 41.8 Å². The molecule has 26 heteroatoms. The zero-order valence-electron chi connectivity index (χ0n) is 34.3. The SMILES string of the molecule is CO[C@@H]1[C@@H](NC(C)=O)[C@@H](OP(=O)(O)OP(=O)(OCCC#N)OC[C@H]2O[C@@H](n3ccc(=O)[nH]c3=O)[C@H](OC(C)=O)[C@@H]2OC(C)=O)O[C@@H]2CO[Si](C(C)(C)C)(C(C)(C)C)O[C@@H]12. The number of ether oxygens (including phenoxy) is 5. The van der Waals surface area contributed by atoms with Crippen molar-refractivity contribution in [2.45, 2.75) is 134 Å². The van der Waals surface area contributed by atoms with Crippen LogP contribution in [0, 0.1) is 11.3 Å². The summed E-state index contributed by atoms with van der Waals surface area (Å²) in [4.78, 5) is 74.3. The number of carbonyl (C=O) groups excluding carboxylic acids is 3. The molecule has 0 aromatic carbocycles. The second-order valence-electron chi connectivity index (χ2n) is 15.9. The van der Waals surface area contributed by atoms with Crippen molar-refractivity contribution in [3.05, 3.63) is 33.1 Å². The van der Waals surface area contributed by atoms with E-state index < -0.39 is 138 Å². The van der Waals surface area contributed by atoms with E-state index in [1.165, 1.54) is 14.0 Å². The summed E-state index contributed by atoms with van der Waals surface area (Å²) < 4.78 is 91.5. The van der Waals surface area contributed by atoms with Gasteiger partial charge < -0.3 is 42.7 Å². The van der Waals surface area contributed by atoms with Gasteiger partial charge in [0.25, 0.3) is 5.56 Å². The summed E-state index contributed by atoms with van der Waals surface area (Å²) in [7, 11) is -12.8. The summed E-state index contributed by atoms with van der Waals surface area (Å²) in [6.45, 7) is 13.5. The van der Waals surface area contributed by atoms with Crippen molar-refractivity contribution in [1.29, 1.82) is 5.26 Å². The van der Waals surface area contributed by atoms with Gasteiger partial charge in [-0.05, 0) is 0 Å². The standard InChI is InChI=1S/C33H52N4O19P2Si/c1-18(38)35-24-27(46-10)26-22(17-49-59(55-26,32(4,5)6)33(7,8)9)53-30(24)54-57(43,44)56-58(45,47-15-11-13-34)48-16-21-25(50-19(2)39)28(51-20(3)40)29(52-21)37-14-12-23(41)36-31(37)42/h12,14,21-22,24-30H,11,15-17H2,1-10H3,(H,35,38)(H,43,44)(H,36,41,42)/t21-,22-,24-,25-,26-,27-,28-,29-,30-,58?/m1/s1. The lowest BCUT2D eigenvalue weighted by Crippen LogP contribution is -2.73. The number of phosphoric ester groups is 2. The molecule has 4 rings (SSSR count). The summed E-state index contributed by atoms with van der Waals surface area (Å²) in [6, 6.07) is 1.38. The van der Waals surface area contributed by atoms with Gasteiger partial charge in [-0.15, -0.1) is 0 Å². The quantitative estimate of drug-likeness (QED) is 0.0983. The number of phosphoric acid groups is 2. The molecule has 1 amide bonds. The first kappa shape index (κ1) is 48.5. The van der Waals surface area contributed by atoms with Crippen LogP contribution in [0.15, 0.2) is 21.9 Å². The third-order valence-corrected chi connectivity index (χ3v) is 17.5. The Kier molecular flexibility index (Phi) is 15.5. The zero-order chi connectivity index (χ0) is 44.3. The number of nitrogens with one attached hydrogen (secondary N) is 2. The molecule has 3 saturated heterocycles. The van der Waals surface area contributed by atoms with Crippen LogP contribution in [0.5, 0.6) is 0 Å². The van der Waals surface area contributed by atoms with E-state index in [0.717, 1.165) is 30.7 Å². The molecule has 3 aliphatic rings. The fraction of sp³-hybridized carbons (Fsp3) is 0.758. The number of fused-ring (bicyclic) bond motifs is 1. The number of carbonyl (C=O) groups is 3. The number of hydrogen-bond acceptors (Lipinski definition) is 19. The highest BCUT2D eigenvalue weighted by molar-refractivity contribution is 7.61. The first-order valence-electron chi connectivity index (χ1n) is 18.3. The average molecular weight is 899 g/mol. The molecule has 0 spiro atoms. The molecule has 0 aliphatic carbocycles. The van der Waals surface area contributed by atoms with Crippen LogP contribution in [0.25, 0.3) is 0 Å². The first-order valence-corrected chi connectivity index (χ1v) is 23.1. The Balaban J connectivity index is 1.63. The van der Waals surface area contributed by atoms with Crippen LogP contribution in [0.3, 0.4) is 0 Å². The maximum absolute atomic E-state index is 14.1. The minimum absolute atomic E-state index is 0.0567. The number of methoxy groups -OCH3 is 1. The van der Waals surface area contributed by atoms with Gasteiger partial charge in [0.15, 0.2) is 24.7 Å². The number of aromatic nitrogens is 2. The Morgan fingerprint density at radius 3 is 2.19 bits per heavy atom. The van der Waals surface area contributed by atoms with Crippen molar-refractivity contribution < 1.29 is 78.8 Å². The highest BCUT2D eigenvalue weighted by Gasteiger charge is 2.65. The number of nitrogens with zero attached hydrogens (tertiary/aromatic N) is 2. The maximum atomic E-state index is 14.1. The summed E-state index contributed by atoms with van der Waals surface area (Å²) in [5.74, 6) is -2.41. The number of rotatable bonds is 15.